The summed E-state index contributed by atoms with van der Waals surface area (Å²) in [7, 11) is 1.64. The fourth-order valence-corrected chi connectivity index (χ4v) is 1.53. The topological polar surface area (TPSA) is 110 Å². The second kappa shape index (κ2) is 4.77. The number of hydrogen-bond donors (Lipinski definition) is 2. The number of carbonyl (C=O) groups is 1. The van der Waals surface area contributed by atoms with Gasteiger partial charge in [0.15, 0.2) is 5.69 Å². The molecule has 0 bridgehead atoms. The number of phenolic OH excluding ortho intramolecular Hbond substituents is 1. The predicted molar refractivity (Wildman–Crippen MR) is 65.9 cm³/mol. The molecule has 0 aliphatic carbocycles. The van der Waals surface area contributed by atoms with E-state index in [2.05, 4.69) is 10.4 Å². The minimum Gasteiger partial charge on any atom is -0.505 e. The molecule has 0 atom stereocenters. The highest BCUT2D eigenvalue weighted by atomic mass is 16.6. The predicted octanol–water partition coefficient (Wildman–Crippen LogP) is 1.29. The highest BCUT2D eigenvalue weighted by Gasteiger charge is 2.20. The molecule has 0 fully saturated rings. The summed E-state index contributed by atoms with van der Waals surface area (Å²) in [4.78, 5) is 22.0. The first-order chi connectivity index (χ1) is 8.99. The highest BCUT2D eigenvalue weighted by Crippen LogP contribution is 2.33. The van der Waals surface area contributed by atoms with Crippen LogP contribution in [0.4, 0.5) is 11.4 Å². The fraction of sp³-hybridized carbons (Fsp3) is 0.0909. The van der Waals surface area contributed by atoms with Gasteiger partial charge in [-0.3, -0.25) is 19.6 Å². The van der Waals surface area contributed by atoms with Gasteiger partial charge in [0.25, 0.3) is 11.6 Å². The van der Waals surface area contributed by atoms with Crippen LogP contribution >= 0.6 is 0 Å². The van der Waals surface area contributed by atoms with Crippen LogP contribution in [0.15, 0.2) is 30.6 Å². The van der Waals surface area contributed by atoms with Crippen molar-refractivity contribution in [3.05, 3.63) is 46.3 Å². The van der Waals surface area contributed by atoms with Crippen LogP contribution in [-0.4, -0.2) is 25.7 Å². The van der Waals surface area contributed by atoms with Gasteiger partial charge in [-0.25, -0.2) is 0 Å². The Morgan fingerprint density at radius 3 is 2.84 bits per heavy atom. The molecule has 19 heavy (non-hydrogen) atoms. The summed E-state index contributed by atoms with van der Waals surface area (Å²) < 4.78 is 1.42. The highest BCUT2D eigenvalue weighted by molar-refractivity contribution is 6.06. The molecular formula is C11H10N4O4. The number of anilines is 1. The van der Waals surface area contributed by atoms with Crippen molar-refractivity contribution < 1.29 is 14.8 Å². The maximum absolute atomic E-state index is 11.9. The lowest BCUT2D eigenvalue weighted by Crippen LogP contribution is -2.12. The Morgan fingerprint density at radius 1 is 1.53 bits per heavy atom. The molecular weight excluding hydrogens is 252 g/mol. The summed E-state index contributed by atoms with van der Waals surface area (Å²) in [5, 5.41) is 26.5. The van der Waals surface area contributed by atoms with E-state index in [0.29, 0.717) is 0 Å². The summed E-state index contributed by atoms with van der Waals surface area (Å²) in [6, 6.07) is 3.78. The fourth-order valence-electron chi connectivity index (χ4n) is 1.53. The van der Waals surface area contributed by atoms with Gasteiger partial charge in [-0.05, 0) is 6.07 Å². The molecule has 0 aliphatic heterocycles. The quantitative estimate of drug-likeness (QED) is 0.492. The molecule has 1 aromatic carbocycles. The van der Waals surface area contributed by atoms with E-state index >= 15 is 0 Å². The lowest BCUT2D eigenvalue weighted by Gasteiger charge is -2.06. The zero-order valence-electron chi connectivity index (χ0n) is 9.90. The zero-order chi connectivity index (χ0) is 14.0. The molecule has 2 N–H and O–H groups in total. The number of benzene rings is 1. The number of nitro groups is 1. The van der Waals surface area contributed by atoms with Crippen LogP contribution < -0.4 is 5.32 Å². The van der Waals surface area contributed by atoms with E-state index in [0.717, 1.165) is 0 Å². The summed E-state index contributed by atoms with van der Waals surface area (Å²) in [6.07, 6.45) is 2.78. The number of amides is 1. The average molecular weight is 262 g/mol. The minimum absolute atomic E-state index is 0.235. The van der Waals surface area contributed by atoms with Crippen LogP contribution in [0, 0.1) is 10.1 Å². The van der Waals surface area contributed by atoms with Crippen molar-refractivity contribution in [2.45, 2.75) is 0 Å². The molecule has 1 aromatic heterocycles. The van der Waals surface area contributed by atoms with Gasteiger partial charge in [-0.15, -0.1) is 0 Å². The molecule has 0 unspecified atom stereocenters. The molecule has 0 radical (unpaired) electrons. The first-order valence-electron chi connectivity index (χ1n) is 5.25. The monoisotopic (exact) mass is 262 g/mol. The second-order valence-corrected chi connectivity index (χ2v) is 3.79. The van der Waals surface area contributed by atoms with E-state index in [1.165, 1.54) is 35.3 Å². The largest absolute Gasteiger partial charge is 0.505 e. The number of phenols is 1. The molecule has 0 saturated carbocycles. The number of rotatable bonds is 3. The van der Waals surface area contributed by atoms with Crippen LogP contribution in [-0.2, 0) is 7.05 Å². The van der Waals surface area contributed by atoms with Gasteiger partial charge in [-0.1, -0.05) is 6.07 Å². The normalized spacial score (nSPS) is 10.2. The van der Waals surface area contributed by atoms with Crippen LogP contribution in [0.5, 0.6) is 5.75 Å². The van der Waals surface area contributed by atoms with Crippen molar-refractivity contribution in [1.82, 2.24) is 9.78 Å². The summed E-state index contributed by atoms with van der Waals surface area (Å²) in [5.41, 5.74) is -0.376. The molecule has 2 rings (SSSR count). The Bertz CT molecular complexity index is 650. The molecule has 2 aromatic rings. The minimum atomic E-state index is -0.682. The average Bonchev–Trinajstić information content (AvgIpc) is 2.78. The number of aromatic nitrogens is 2. The summed E-state index contributed by atoms with van der Waals surface area (Å²) >= 11 is 0. The maximum atomic E-state index is 11.9. The standard InChI is InChI=1S/C11H10N4O4/c1-14-6-7(5-12-14)11(17)13-10-8(15(18)19)3-2-4-9(10)16/h2-6,16H,1H3,(H,13,17). The first-order valence-corrected chi connectivity index (χ1v) is 5.25. The van der Waals surface area contributed by atoms with Gasteiger partial charge in [-0.2, -0.15) is 5.10 Å². The second-order valence-electron chi connectivity index (χ2n) is 3.79. The molecule has 0 saturated heterocycles. The Hall–Kier alpha value is -2.90. The number of carbonyl (C=O) groups excluding carboxylic acids is 1. The van der Waals surface area contributed by atoms with Gasteiger partial charge in [0.05, 0.1) is 16.7 Å². The van der Waals surface area contributed by atoms with Crippen molar-refractivity contribution in [2.24, 2.45) is 7.05 Å². The summed E-state index contributed by atoms with van der Waals surface area (Å²) in [6.45, 7) is 0. The molecule has 1 heterocycles. The van der Waals surface area contributed by atoms with E-state index in [1.807, 2.05) is 0 Å². The van der Waals surface area contributed by atoms with Crippen molar-refractivity contribution in [1.29, 1.82) is 0 Å². The van der Waals surface area contributed by atoms with E-state index in [1.54, 1.807) is 7.05 Å². The number of hydrogen-bond acceptors (Lipinski definition) is 5. The SMILES string of the molecule is Cn1cc(C(=O)Nc2c(O)cccc2[N+](=O)[O-])cn1. The smallest absolute Gasteiger partial charge is 0.296 e. The van der Waals surface area contributed by atoms with E-state index in [9.17, 15) is 20.0 Å². The summed E-state index contributed by atoms with van der Waals surface area (Å²) in [5.74, 6) is -0.954. The van der Waals surface area contributed by atoms with E-state index in [-0.39, 0.29) is 22.7 Å². The van der Waals surface area contributed by atoms with E-state index in [4.69, 9.17) is 0 Å². The number of aromatic hydroxyl groups is 1. The first kappa shape index (κ1) is 12.6. The molecule has 1 amide bonds. The van der Waals surface area contributed by atoms with Gasteiger partial charge in [0.2, 0.25) is 0 Å². The molecule has 8 heteroatoms. The molecule has 8 nitrogen and oxygen atoms in total. The third kappa shape index (κ3) is 2.51. The Labute approximate surface area is 107 Å². The van der Waals surface area contributed by atoms with Gasteiger partial charge in [0.1, 0.15) is 5.75 Å². The third-order valence-electron chi connectivity index (χ3n) is 2.42. The van der Waals surface area contributed by atoms with Gasteiger partial charge >= 0.3 is 0 Å². The van der Waals surface area contributed by atoms with Crippen molar-refractivity contribution in [3.63, 3.8) is 0 Å². The number of nitro benzene ring substituents is 1. The van der Waals surface area contributed by atoms with Gasteiger partial charge in [0, 0.05) is 19.3 Å². The van der Waals surface area contributed by atoms with Crippen molar-refractivity contribution in [2.75, 3.05) is 5.32 Å². The molecule has 0 aliphatic rings. The molecule has 98 valence electrons. The molecule has 0 spiro atoms. The number of para-hydroxylation sites is 1. The van der Waals surface area contributed by atoms with Gasteiger partial charge < -0.3 is 10.4 Å². The Kier molecular flexibility index (Phi) is 3.15. The van der Waals surface area contributed by atoms with Crippen LogP contribution in [0.25, 0.3) is 0 Å². The third-order valence-corrected chi connectivity index (χ3v) is 2.42. The number of aryl methyl sites for hydroxylation is 1. The van der Waals surface area contributed by atoms with Crippen LogP contribution in [0.1, 0.15) is 10.4 Å². The zero-order valence-corrected chi connectivity index (χ0v) is 9.90. The van der Waals surface area contributed by atoms with Crippen LogP contribution in [0.3, 0.4) is 0 Å². The van der Waals surface area contributed by atoms with E-state index < -0.39 is 10.8 Å². The Morgan fingerprint density at radius 2 is 2.26 bits per heavy atom. The number of nitrogens with one attached hydrogen (secondary N) is 1. The van der Waals surface area contributed by atoms with Crippen molar-refractivity contribution >= 4 is 17.3 Å². The lowest BCUT2D eigenvalue weighted by molar-refractivity contribution is -0.384. The van der Waals surface area contributed by atoms with Crippen LogP contribution in [0.2, 0.25) is 0 Å². The maximum Gasteiger partial charge on any atom is 0.296 e. The lowest BCUT2D eigenvalue weighted by atomic mass is 10.2. The van der Waals surface area contributed by atoms with Crippen molar-refractivity contribution in [3.8, 4) is 5.75 Å². The number of nitrogens with zero attached hydrogens (tertiary/aromatic N) is 3. The Balaban J connectivity index is 2.33.